The number of hydrogen-bond acceptors (Lipinski definition) is 4. The van der Waals surface area contributed by atoms with Crippen LogP contribution in [0.5, 0.6) is 0 Å². The monoisotopic (exact) mass is 226 g/mol. The number of methoxy groups -OCH3 is 1. The van der Waals surface area contributed by atoms with Crippen molar-refractivity contribution in [3.8, 4) is 0 Å². The van der Waals surface area contributed by atoms with E-state index in [1.54, 1.807) is 0 Å². The summed E-state index contributed by atoms with van der Waals surface area (Å²) in [5, 5.41) is 0. The standard InChI is InChI=1S/C12H18O4/c1-3-5-12-6-4-9(16-12)10(8(13)7-12)11(14)15-2/h9-10H,3-7H2,1-2H3/t9-,10-,12+/m1/s1. The number of rotatable bonds is 3. The van der Waals surface area contributed by atoms with Crippen LogP contribution in [0.15, 0.2) is 0 Å². The molecule has 2 fully saturated rings. The van der Waals surface area contributed by atoms with Crippen LogP contribution in [0.2, 0.25) is 0 Å². The molecule has 90 valence electrons. The van der Waals surface area contributed by atoms with Crippen molar-refractivity contribution in [3.05, 3.63) is 0 Å². The second-order valence-electron chi connectivity index (χ2n) is 4.77. The fourth-order valence-corrected chi connectivity index (χ4v) is 2.98. The molecular formula is C12H18O4. The van der Waals surface area contributed by atoms with Crippen LogP contribution >= 0.6 is 0 Å². The zero-order chi connectivity index (χ0) is 11.8. The fraction of sp³-hybridized carbons (Fsp3) is 0.833. The number of Topliss-reactive ketones (excluding diaryl/α,β-unsaturated/α-hetero) is 1. The minimum atomic E-state index is -0.683. The van der Waals surface area contributed by atoms with Crippen molar-refractivity contribution in [1.29, 1.82) is 0 Å². The lowest BCUT2D eigenvalue weighted by Crippen LogP contribution is -2.46. The smallest absolute Gasteiger partial charge is 0.318 e. The number of ether oxygens (including phenoxy) is 2. The van der Waals surface area contributed by atoms with Gasteiger partial charge in [0.05, 0.1) is 18.8 Å². The molecule has 0 aliphatic carbocycles. The Morgan fingerprint density at radius 3 is 3.00 bits per heavy atom. The molecule has 2 heterocycles. The summed E-state index contributed by atoms with van der Waals surface area (Å²) >= 11 is 0. The van der Waals surface area contributed by atoms with E-state index in [0.717, 1.165) is 25.7 Å². The van der Waals surface area contributed by atoms with Crippen LogP contribution in [-0.2, 0) is 19.1 Å². The summed E-state index contributed by atoms with van der Waals surface area (Å²) in [6, 6.07) is 0. The van der Waals surface area contributed by atoms with E-state index in [1.165, 1.54) is 7.11 Å². The molecule has 0 spiro atoms. The molecule has 2 bridgehead atoms. The van der Waals surface area contributed by atoms with E-state index in [-0.39, 0.29) is 17.5 Å². The largest absolute Gasteiger partial charge is 0.468 e. The van der Waals surface area contributed by atoms with Gasteiger partial charge in [0.25, 0.3) is 0 Å². The zero-order valence-corrected chi connectivity index (χ0v) is 9.82. The first-order valence-electron chi connectivity index (χ1n) is 5.90. The van der Waals surface area contributed by atoms with Crippen molar-refractivity contribution in [1.82, 2.24) is 0 Å². The number of carbonyl (C=O) groups excluding carboxylic acids is 2. The highest BCUT2D eigenvalue weighted by molar-refractivity contribution is 6.00. The first kappa shape index (κ1) is 11.6. The van der Waals surface area contributed by atoms with E-state index in [0.29, 0.717) is 6.42 Å². The van der Waals surface area contributed by atoms with Crippen molar-refractivity contribution in [3.63, 3.8) is 0 Å². The SMILES string of the molecule is CCC[C@@]12CC[C@@H](O1)[C@H](C(=O)OC)C(=O)C2. The Morgan fingerprint density at radius 1 is 1.62 bits per heavy atom. The Kier molecular flexibility index (Phi) is 3.02. The van der Waals surface area contributed by atoms with E-state index in [9.17, 15) is 9.59 Å². The molecule has 0 amide bonds. The lowest BCUT2D eigenvalue weighted by Gasteiger charge is -2.35. The van der Waals surface area contributed by atoms with Crippen molar-refractivity contribution in [2.24, 2.45) is 5.92 Å². The van der Waals surface area contributed by atoms with Crippen LogP contribution in [0.1, 0.15) is 39.0 Å². The molecule has 2 saturated heterocycles. The average Bonchev–Trinajstić information content (AvgIpc) is 2.57. The quantitative estimate of drug-likeness (QED) is 0.540. The van der Waals surface area contributed by atoms with Crippen LogP contribution in [0.3, 0.4) is 0 Å². The molecule has 0 saturated carbocycles. The molecule has 0 aromatic rings. The minimum Gasteiger partial charge on any atom is -0.468 e. The van der Waals surface area contributed by atoms with E-state index < -0.39 is 11.9 Å². The molecule has 0 radical (unpaired) electrons. The lowest BCUT2D eigenvalue weighted by molar-refractivity contribution is -0.169. The van der Waals surface area contributed by atoms with Gasteiger partial charge < -0.3 is 9.47 Å². The number of carbonyl (C=O) groups is 2. The predicted octanol–water partition coefficient (Wildman–Crippen LogP) is 1.47. The van der Waals surface area contributed by atoms with Gasteiger partial charge >= 0.3 is 5.97 Å². The van der Waals surface area contributed by atoms with Gasteiger partial charge in [0.1, 0.15) is 5.92 Å². The van der Waals surface area contributed by atoms with Gasteiger partial charge in [-0.2, -0.15) is 0 Å². The second-order valence-corrected chi connectivity index (χ2v) is 4.77. The molecule has 0 N–H and O–H groups in total. The minimum absolute atomic E-state index is 0.00551. The normalized spacial score (nSPS) is 37.5. The third kappa shape index (κ3) is 1.75. The van der Waals surface area contributed by atoms with Crippen LogP contribution in [0.25, 0.3) is 0 Å². The van der Waals surface area contributed by atoms with Gasteiger partial charge in [-0.3, -0.25) is 9.59 Å². The Bertz CT molecular complexity index is 312. The maximum Gasteiger partial charge on any atom is 0.318 e. The zero-order valence-electron chi connectivity index (χ0n) is 9.82. The molecule has 4 heteroatoms. The summed E-state index contributed by atoms with van der Waals surface area (Å²) in [5.41, 5.74) is -0.277. The molecule has 16 heavy (non-hydrogen) atoms. The number of hydrogen-bond donors (Lipinski definition) is 0. The fourth-order valence-electron chi connectivity index (χ4n) is 2.98. The van der Waals surface area contributed by atoms with Gasteiger partial charge in [-0.05, 0) is 19.3 Å². The van der Waals surface area contributed by atoms with Gasteiger partial charge in [-0.15, -0.1) is 0 Å². The summed E-state index contributed by atoms with van der Waals surface area (Å²) in [6.45, 7) is 2.09. The Morgan fingerprint density at radius 2 is 2.38 bits per heavy atom. The van der Waals surface area contributed by atoms with Crippen molar-refractivity contribution < 1.29 is 19.1 Å². The van der Waals surface area contributed by atoms with Crippen LogP contribution in [0, 0.1) is 5.92 Å². The van der Waals surface area contributed by atoms with Gasteiger partial charge in [-0.25, -0.2) is 0 Å². The molecule has 0 aromatic heterocycles. The summed E-state index contributed by atoms with van der Waals surface area (Å²) < 4.78 is 10.6. The van der Waals surface area contributed by atoms with Gasteiger partial charge in [0.15, 0.2) is 5.78 Å². The molecule has 2 aliphatic rings. The lowest BCUT2D eigenvalue weighted by atomic mass is 9.86. The van der Waals surface area contributed by atoms with Crippen LogP contribution < -0.4 is 0 Å². The number of fused-ring (bicyclic) bond motifs is 2. The third-order valence-electron chi connectivity index (χ3n) is 3.66. The second kappa shape index (κ2) is 4.17. The van der Waals surface area contributed by atoms with E-state index >= 15 is 0 Å². The van der Waals surface area contributed by atoms with E-state index in [4.69, 9.17) is 4.74 Å². The summed E-state index contributed by atoms with van der Waals surface area (Å²) in [7, 11) is 1.32. The first-order valence-corrected chi connectivity index (χ1v) is 5.90. The highest BCUT2D eigenvalue weighted by Crippen LogP contribution is 2.45. The van der Waals surface area contributed by atoms with E-state index in [2.05, 4.69) is 11.7 Å². The number of esters is 1. The van der Waals surface area contributed by atoms with Crippen LogP contribution in [0.4, 0.5) is 0 Å². The molecule has 0 aromatic carbocycles. The Hall–Kier alpha value is -0.900. The molecular weight excluding hydrogens is 208 g/mol. The summed E-state index contributed by atoms with van der Waals surface area (Å²) in [4.78, 5) is 23.5. The Labute approximate surface area is 95.3 Å². The molecule has 3 atom stereocenters. The predicted molar refractivity (Wildman–Crippen MR) is 56.9 cm³/mol. The third-order valence-corrected chi connectivity index (χ3v) is 3.66. The molecule has 4 nitrogen and oxygen atoms in total. The Balaban J connectivity index is 2.15. The van der Waals surface area contributed by atoms with Gasteiger partial charge in [0, 0.05) is 6.42 Å². The summed E-state index contributed by atoms with van der Waals surface area (Å²) in [6.07, 6.45) is 3.72. The van der Waals surface area contributed by atoms with Crippen molar-refractivity contribution in [2.45, 2.75) is 50.7 Å². The molecule has 2 aliphatic heterocycles. The number of ketones is 1. The van der Waals surface area contributed by atoms with E-state index in [1.807, 2.05) is 0 Å². The summed E-state index contributed by atoms with van der Waals surface area (Å²) in [5.74, 6) is -1.13. The first-order chi connectivity index (χ1) is 7.62. The van der Waals surface area contributed by atoms with Crippen LogP contribution in [-0.4, -0.2) is 30.6 Å². The average molecular weight is 226 g/mol. The highest BCUT2D eigenvalue weighted by Gasteiger charge is 2.53. The van der Waals surface area contributed by atoms with Crippen molar-refractivity contribution >= 4 is 11.8 Å². The topological polar surface area (TPSA) is 52.6 Å². The highest BCUT2D eigenvalue weighted by atomic mass is 16.5. The molecule has 2 rings (SSSR count). The van der Waals surface area contributed by atoms with Gasteiger partial charge in [0.2, 0.25) is 0 Å². The van der Waals surface area contributed by atoms with Crippen molar-refractivity contribution in [2.75, 3.05) is 7.11 Å². The van der Waals surface area contributed by atoms with Gasteiger partial charge in [-0.1, -0.05) is 13.3 Å². The maximum atomic E-state index is 12.0. The molecule has 0 unspecified atom stereocenters. The maximum absolute atomic E-state index is 12.0.